The molecule has 35 heavy (non-hydrogen) atoms. The molecule has 2 bridgehead atoms. The number of rotatable bonds is 5. The third kappa shape index (κ3) is 5.98. The van der Waals surface area contributed by atoms with Crippen LogP contribution in [0.2, 0.25) is 0 Å². The molecule has 0 N–H and O–H groups in total. The molecule has 2 aliphatic rings. The molecule has 4 rings (SSSR count). The number of nitrogens with zero attached hydrogens (tertiary/aromatic N) is 2. The van der Waals surface area contributed by atoms with E-state index in [2.05, 4.69) is 4.98 Å². The average Bonchev–Trinajstić information content (AvgIpc) is 2.74. The van der Waals surface area contributed by atoms with E-state index in [1.165, 1.54) is 17.2 Å². The van der Waals surface area contributed by atoms with Crippen molar-refractivity contribution in [3.8, 4) is 17.4 Å². The number of hydroxylamine groups is 2. The summed E-state index contributed by atoms with van der Waals surface area (Å²) in [5.74, 6) is -1.49. The van der Waals surface area contributed by atoms with Crippen LogP contribution in [-0.2, 0) is 17.1 Å². The third-order valence-corrected chi connectivity index (χ3v) is 5.98. The predicted octanol–water partition coefficient (Wildman–Crippen LogP) is 5.52. The molecule has 1 aromatic heterocycles. The van der Waals surface area contributed by atoms with Gasteiger partial charge in [0, 0.05) is 37.9 Å². The normalized spacial score (nSPS) is 23.0. The second-order valence-corrected chi connectivity index (χ2v) is 8.58. The van der Waals surface area contributed by atoms with E-state index in [4.69, 9.17) is 14.3 Å². The Hall–Kier alpha value is -3.02. The molecule has 1 saturated heterocycles. The van der Waals surface area contributed by atoms with E-state index in [-0.39, 0.29) is 29.2 Å². The highest BCUT2D eigenvalue weighted by Gasteiger charge is 2.43. The number of carbonyl (C=O) groups is 1. The lowest BCUT2D eigenvalue weighted by atomic mass is 9.75. The van der Waals surface area contributed by atoms with Gasteiger partial charge >= 0.3 is 18.3 Å². The van der Waals surface area contributed by atoms with Crippen LogP contribution in [0.5, 0.6) is 17.4 Å². The number of aromatic nitrogens is 1. The number of benzene rings is 1. The van der Waals surface area contributed by atoms with Gasteiger partial charge in [0.25, 0.3) is 0 Å². The van der Waals surface area contributed by atoms with E-state index in [9.17, 15) is 31.1 Å². The summed E-state index contributed by atoms with van der Waals surface area (Å²) < 4.78 is 89.3. The van der Waals surface area contributed by atoms with Crippen molar-refractivity contribution in [1.29, 1.82) is 0 Å². The summed E-state index contributed by atoms with van der Waals surface area (Å²) in [7, 11) is 0. The van der Waals surface area contributed by atoms with Crippen molar-refractivity contribution in [3.63, 3.8) is 0 Å². The molecule has 12 heteroatoms. The Balaban J connectivity index is 1.50. The lowest BCUT2D eigenvalue weighted by molar-refractivity contribution is -0.155. The first-order chi connectivity index (χ1) is 16.4. The fourth-order valence-electron chi connectivity index (χ4n) is 4.53. The molecule has 0 radical (unpaired) electrons. The van der Waals surface area contributed by atoms with Crippen molar-refractivity contribution >= 4 is 5.97 Å². The number of piperidine rings is 1. The number of halogens is 6. The van der Waals surface area contributed by atoms with Crippen molar-refractivity contribution in [2.75, 3.05) is 13.1 Å². The number of fused-ring (bicyclic) bond motifs is 2. The Morgan fingerprint density at radius 3 is 2.26 bits per heavy atom. The first-order valence-electron chi connectivity index (χ1n) is 10.9. The summed E-state index contributed by atoms with van der Waals surface area (Å²) in [4.78, 5) is 20.6. The van der Waals surface area contributed by atoms with Gasteiger partial charge in [0.15, 0.2) is 11.5 Å². The van der Waals surface area contributed by atoms with Crippen LogP contribution in [0, 0.1) is 11.8 Å². The molecule has 2 heterocycles. The largest absolute Gasteiger partial charge is 0.486 e. The Bertz CT molecular complexity index is 1060. The third-order valence-electron chi connectivity index (χ3n) is 5.98. The smallest absolute Gasteiger partial charge is 0.433 e. The molecular formula is C23H22F6N2O4. The minimum Gasteiger partial charge on any atom is -0.486 e. The van der Waals surface area contributed by atoms with Crippen LogP contribution in [0.3, 0.4) is 0 Å². The zero-order valence-electron chi connectivity index (χ0n) is 18.5. The number of hydrogen-bond donors (Lipinski definition) is 0. The molecule has 1 aromatic carbocycles. The van der Waals surface area contributed by atoms with Gasteiger partial charge in [0.05, 0.1) is 5.56 Å². The van der Waals surface area contributed by atoms with Gasteiger partial charge < -0.3 is 14.3 Å². The molecule has 1 aliphatic heterocycles. The maximum absolute atomic E-state index is 13.1. The Morgan fingerprint density at radius 2 is 1.66 bits per heavy atom. The molecule has 2 fully saturated rings. The quantitative estimate of drug-likeness (QED) is 0.304. The topological polar surface area (TPSA) is 60.9 Å². The fourth-order valence-corrected chi connectivity index (χ4v) is 4.53. The summed E-state index contributed by atoms with van der Waals surface area (Å²) in [5.41, 5.74) is -2.04. The maximum atomic E-state index is 13.1. The number of esters is 1. The van der Waals surface area contributed by atoms with E-state index >= 15 is 0 Å². The van der Waals surface area contributed by atoms with Gasteiger partial charge in [-0.1, -0.05) is 12.5 Å². The second-order valence-electron chi connectivity index (χ2n) is 8.58. The Labute approximate surface area is 196 Å². The first-order valence-corrected chi connectivity index (χ1v) is 10.9. The molecule has 0 amide bonds. The van der Waals surface area contributed by atoms with Crippen molar-refractivity contribution in [2.45, 2.75) is 44.6 Å². The minimum atomic E-state index is -4.62. The molecule has 2 aromatic rings. The summed E-state index contributed by atoms with van der Waals surface area (Å²) >= 11 is 0. The van der Waals surface area contributed by atoms with Crippen LogP contribution >= 0.6 is 0 Å². The van der Waals surface area contributed by atoms with Gasteiger partial charge in [-0.3, -0.25) is 4.79 Å². The summed E-state index contributed by atoms with van der Waals surface area (Å²) in [6.07, 6.45) is -7.28. The Kier molecular flexibility index (Phi) is 6.85. The maximum Gasteiger partial charge on any atom is 0.433 e. The van der Waals surface area contributed by atoms with Crippen LogP contribution in [0.15, 0.2) is 36.4 Å². The van der Waals surface area contributed by atoms with Gasteiger partial charge in [-0.2, -0.15) is 26.3 Å². The van der Waals surface area contributed by atoms with Gasteiger partial charge in [0.2, 0.25) is 5.88 Å². The molecule has 2 atom stereocenters. The van der Waals surface area contributed by atoms with Crippen LogP contribution in [0.1, 0.15) is 37.4 Å². The van der Waals surface area contributed by atoms with Crippen molar-refractivity contribution < 1.29 is 45.4 Å². The molecule has 1 saturated carbocycles. The van der Waals surface area contributed by atoms with E-state index in [0.29, 0.717) is 13.1 Å². The lowest BCUT2D eigenvalue weighted by Crippen LogP contribution is -2.54. The minimum absolute atomic E-state index is 0.0176. The second kappa shape index (κ2) is 9.56. The summed E-state index contributed by atoms with van der Waals surface area (Å²) in [6.45, 7) is 1.72. The number of carbonyl (C=O) groups excluding carboxylic acids is 1. The zero-order valence-corrected chi connectivity index (χ0v) is 18.5. The first kappa shape index (κ1) is 25.1. The average molecular weight is 504 g/mol. The van der Waals surface area contributed by atoms with Crippen molar-refractivity contribution in [2.24, 2.45) is 11.8 Å². The lowest BCUT2D eigenvalue weighted by Gasteiger charge is -2.46. The van der Waals surface area contributed by atoms with Crippen molar-refractivity contribution in [3.05, 3.63) is 47.7 Å². The highest BCUT2D eigenvalue weighted by Crippen LogP contribution is 2.42. The van der Waals surface area contributed by atoms with Crippen LogP contribution < -0.4 is 14.3 Å². The SMILES string of the molecule is CC(=O)Oc1cc(C(F)(F)F)ccc1OC1[C@H]2CCC[C@H]1CN(Oc1cccc(C(F)(F)F)n1)C2. The van der Waals surface area contributed by atoms with Crippen molar-refractivity contribution in [1.82, 2.24) is 10.0 Å². The van der Waals surface area contributed by atoms with Crippen LogP contribution in [-0.4, -0.2) is 35.2 Å². The predicted molar refractivity (Wildman–Crippen MR) is 109 cm³/mol. The fraction of sp³-hybridized carbons (Fsp3) is 0.478. The van der Waals surface area contributed by atoms with E-state index in [1.54, 1.807) is 0 Å². The number of pyridine rings is 1. The highest BCUT2D eigenvalue weighted by molar-refractivity contribution is 5.70. The van der Waals surface area contributed by atoms with Gasteiger partial charge in [-0.15, -0.1) is 5.06 Å². The van der Waals surface area contributed by atoms with E-state index in [1.807, 2.05) is 0 Å². The molecular weight excluding hydrogens is 482 g/mol. The standard InChI is InChI=1S/C23H22F6N2O4/c1-13(32)33-18-10-16(22(24,25)26)8-9-17(18)34-21-14-4-2-5-15(21)12-31(11-14)35-20-7-3-6-19(30-20)23(27,28)29/h3,6-10,14-15,21H,2,4-5,11-12H2,1H3/t14-,15-/m0/s1. The van der Waals surface area contributed by atoms with Gasteiger partial charge in [0.1, 0.15) is 11.8 Å². The molecule has 1 aliphatic carbocycles. The van der Waals surface area contributed by atoms with E-state index in [0.717, 1.165) is 50.5 Å². The molecule has 0 spiro atoms. The van der Waals surface area contributed by atoms with Crippen LogP contribution in [0.4, 0.5) is 26.3 Å². The zero-order chi connectivity index (χ0) is 25.4. The van der Waals surface area contributed by atoms with Crippen LogP contribution in [0.25, 0.3) is 0 Å². The van der Waals surface area contributed by atoms with E-state index < -0.39 is 35.7 Å². The Morgan fingerprint density at radius 1 is 0.971 bits per heavy atom. The van der Waals surface area contributed by atoms with Gasteiger partial charge in [-0.05, 0) is 37.1 Å². The summed E-state index contributed by atoms with van der Waals surface area (Å²) in [6, 6.07) is 6.11. The number of alkyl halides is 6. The highest BCUT2D eigenvalue weighted by atomic mass is 19.4. The molecule has 190 valence electrons. The van der Waals surface area contributed by atoms with Gasteiger partial charge in [-0.25, -0.2) is 4.98 Å². The molecule has 6 nitrogen and oxygen atoms in total. The summed E-state index contributed by atoms with van der Waals surface area (Å²) in [5, 5.41) is 1.54. The number of hydrogen-bond acceptors (Lipinski definition) is 6. The molecule has 0 unspecified atom stereocenters. The monoisotopic (exact) mass is 504 g/mol. The number of ether oxygens (including phenoxy) is 2.